The van der Waals surface area contributed by atoms with Crippen molar-refractivity contribution in [2.45, 2.75) is 6.92 Å². The molecule has 0 saturated carbocycles. The molecule has 0 fully saturated rings. The number of ether oxygens (including phenoxy) is 1. The molecular weight excluding hydrogens is 477 g/mol. The number of benzene rings is 3. The fraction of sp³-hybridized carbons (Fsp3) is 0.0833. The summed E-state index contributed by atoms with van der Waals surface area (Å²) in [5.74, 6) is -1.41. The summed E-state index contributed by atoms with van der Waals surface area (Å²) in [5.41, 5.74) is 2.73. The molecule has 0 aliphatic rings. The molecule has 0 atom stereocenters. The van der Waals surface area contributed by atoms with Crippen LogP contribution in [0.4, 0.5) is 4.39 Å². The Labute approximate surface area is 191 Å². The summed E-state index contributed by atoms with van der Waals surface area (Å²) in [6, 6.07) is 19.9. The molecule has 0 bridgehead atoms. The largest absolute Gasteiger partial charge is 0.451 e. The lowest BCUT2D eigenvalue weighted by atomic mass is 10.1. The van der Waals surface area contributed by atoms with Crippen molar-refractivity contribution in [2.75, 3.05) is 6.61 Å². The average molecular weight is 494 g/mol. The van der Waals surface area contributed by atoms with Crippen LogP contribution in [0.3, 0.4) is 0 Å². The lowest BCUT2D eigenvalue weighted by Gasteiger charge is -2.06. The maximum absolute atomic E-state index is 13.4. The Morgan fingerprint density at radius 1 is 0.969 bits per heavy atom. The highest BCUT2D eigenvalue weighted by Gasteiger charge is 2.21. The zero-order valence-electron chi connectivity index (χ0n) is 17.0. The van der Waals surface area contributed by atoms with Crippen molar-refractivity contribution in [2.24, 2.45) is 0 Å². The molecular formula is C24H17BrFN3O3. The molecule has 4 aromatic rings. The maximum Gasteiger partial charge on any atom is 0.378 e. The van der Waals surface area contributed by atoms with Gasteiger partial charge in [-0.15, -0.1) is 5.10 Å². The second kappa shape index (κ2) is 9.23. The molecule has 3 aromatic carbocycles. The van der Waals surface area contributed by atoms with E-state index in [1.165, 1.54) is 16.8 Å². The number of Topliss-reactive ketones (excluding diaryl/α,β-unsaturated/α-hetero) is 1. The van der Waals surface area contributed by atoms with Crippen LogP contribution in [0.15, 0.2) is 77.3 Å². The number of nitrogens with zero attached hydrogens (tertiary/aromatic N) is 3. The highest BCUT2D eigenvalue weighted by Crippen LogP contribution is 2.22. The summed E-state index contributed by atoms with van der Waals surface area (Å²) < 4.78 is 20.9. The molecule has 0 N–H and O–H groups in total. The van der Waals surface area contributed by atoms with Crippen LogP contribution in [0, 0.1) is 12.7 Å². The van der Waals surface area contributed by atoms with Gasteiger partial charge in [-0.2, -0.15) is 0 Å². The first-order valence-corrected chi connectivity index (χ1v) is 10.5. The zero-order valence-corrected chi connectivity index (χ0v) is 18.5. The van der Waals surface area contributed by atoms with Crippen LogP contribution in [-0.4, -0.2) is 33.1 Å². The van der Waals surface area contributed by atoms with Crippen LogP contribution in [0.1, 0.15) is 26.5 Å². The van der Waals surface area contributed by atoms with Crippen molar-refractivity contribution < 1.29 is 18.7 Å². The second-order valence-corrected chi connectivity index (χ2v) is 7.94. The minimum atomic E-state index is -0.829. The number of carbonyl (C=O) groups is 2. The van der Waals surface area contributed by atoms with Crippen molar-refractivity contribution in [1.82, 2.24) is 14.8 Å². The van der Waals surface area contributed by atoms with Gasteiger partial charge in [-0.1, -0.05) is 45.8 Å². The van der Waals surface area contributed by atoms with E-state index in [1.807, 2.05) is 31.2 Å². The van der Waals surface area contributed by atoms with E-state index >= 15 is 0 Å². The fourth-order valence-electron chi connectivity index (χ4n) is 2.97. The summed E-state index contributed by atoms with van der Waals surface area (Å²) >= 11 is 3.31. The average Bonchev–Trinajstić information content (AvgIpc) is 3.24. The SMILES string of the molecule is Cc1ccc(-n2nc(C(=O)OCC(=O)c3ccc(Br)cc3)nc2-c2ccc(F)cc2)cc1. The Morgan fingerprint density at radius 3 is 2.28 bits per heavy atom. The number of rotatable bonds is 6. The molecule has 4 rings (SSSR count). The van der Waals surface area contributed by atoms with E-state index in [-0.39, 0.29) is 17.4 Å². The molecule has 1 aromatic heterocycles. The van der Waals surface area contributed by atoms with Gasteiger partial charge < -0.3 is 4.74 Å². The predicted molar refractivity (Wildman–Crippen MR) is 120 cm³/mol. The fourth-order valence-corrected chi connectivity index (χ4v) is 3.23. The molecule has 0 radical (unpaired) electrons. The number of esters is 1. The van der Waals surface area contributed by atoms with Crippen LogP contribution >= 0.6 is 15.9 Å². The monoisotopic (exact) mass is 493 g/mol. The zero-order chi connectivity index (χ0) is 22.7. The number of hydrogen-bond donors (Lipinski definition) is 0. The Hall–Kier alpha value is -3.65. The van der Waals surface area contributed by atoms with Crippen molar-refractivity contribution in [1.29, 1.82) is 0 Å². The third-order valence-corrected chi connectivity index (χ3v) is 5.20. The molecule has 160 valence electrons. The molecule has 0 saturated heterocycles. The standard InChI is InChI=1S/C24H17BrFN3O3/c1-15-2-12-20(13-3-15)29-23(17-6-10-19(26)11-7-17)27-22(28-29)24(31)32-14-21(30)16-4-8-18(25)9-5-16/h2-13H,14H2,1H3. The number of aromatic nitrogens is 3. The summed E-state index contributed by atoms with van der Waals surface area (Å²) in [5, 5.41) is 4.29. The van der Waals surface area contributed by atoms with E-state index in [0.29, 0.717) is 22.6 Å². The third-order valence-electron chi connectivity index (χ3n) is 4.67. The van der Waals surface area contributed by atoms with Gasteiger partial charge in [0.15, 0.2) is 18.2 Å². The third kappa shape index (κ3) is 4.81. The first-order chi connectivity index (χ1) is 15.4. The van der Waals surface area contributed by atoms with Gasteiger partial charge in [0.1, 0.15) is 5.82 Å². The number of aryl methyl sites for hydroxylation is 1. The number of ketones is 1. The quantitative estimate of drug-likeness (QED) is 0.273. The summed E-state index contributed by atoms with van der Waals surface area (Å²) in [7, 11) is 0. The number of carbonyl (C=O) groups excluding carboxylic acids is 2. The molecule has 0 amide bonds. The second-order valence-electron chi connectivity index (χ2n) is 7.02. The lowest BCUT2D eigenvalue weighted by molar-refractivity contribution is 0.0462. The van der Waals surface area contributed by atoms with E-state index < -0.39 is 12.6 Å². The molecule has 0 aliphatic carbocycles. The summed E-state index contributed by atoms with van der Waals surface area (Å²) in [6.45, 7) is 1.52. The smallest absolute Gasteiger partial charge is 0.378 e. The van der Waals surface area contributed by atoms with Gasteiger partial charge in [0.25, 0.3) is 5.82 Å². The Morgan fingerprint density at radius 2 is 1.62 bits per heavy atom. The van der Waals surface area contributed by atoms with E-state index in [1.54, 1.807) is 36.4 Å². The highest BCUT2D eigenvalue weighted by atomic mass is 79.9. The summed E-state index contributed by atoms with van der Waals surface area (Å²) in [4.78, 5) is 29.2. The van der Waals surface area contributed by atoms with Crippen LogP contribution in [-0.2, 0) is 4.74 Å². The van der Waals surface area contributed by atoms with E-state index in [0.717, 1.165) is 10.0 Å². The predicted octanol–water partition coefficient (Wildman–Crippen LogP) is 5.18. The van der Waals surface area contributed by atoms with Crippen LogP contribution in [0.25, 0.3) is 17.1 Å². The Kier molecular flexibility index (Phi) is 6.23. The van der Waals surface area contributed by atoms with Crippen LogP contribution in [0.5, 0.6) is 0 Å². The first kappa shape index (κ1) is 21.6. The molecule has 32 heavy (non-hydrogen) atoms. The van der Waals surface area contributed by atoms with Crippen molar-refractivity contribution in [3.63, 3.8) is 0 Å². The minimum absolute atomic E-state index is 0.200. The van der Waals surface area contributed by atoms with Gasteiger partial charge in [0.2, 0.25) is 0 Å². The van der Waals surface area contributed by atoms with Gasteiger partial charge >= 0.3 is 5.97 Å². The van der Waals surface area contributed by atoms with E-state index in [9.17, 15) is 14.0 Å². The first-order valence-electron chi connectivity index (χ1n) is 9.66. The molecule has 1 heterocycles. The number of halogens is 2. The Balaban J connectivity index is 1.60. The Bertz CT molecular complexity index is 1200. The minimum Gasteiger partial charge on any atom is -0.451 e. The molecule has 8 heteroatoms. The lowest BCUT2D eigenvalue weighted by Crippen LogP contribution is -2.15. The normalized spacial score (nSPS) is 10.7. The van der Waals surface area contributed by atoms with Gasteiger partial charge in [-0.3, -0.25) is 4.79 Å². The van der Waals surface area contributed by atoms with Crippen LogP contribution in [0.2, 0.25) is 0 Å². The number of hydrogen-bond acceptors (Lipinski definition) is 5. The molecule has 0 unspecified atom stereocenters. The molecule has 0 aliphatic heterocycles. The van der Waals surface area contributed by atoms with E-state index in [4.69, 9.17) is 4.74 Å². The highest BCUT2D eigenvalue weighted by molar-refractivity contribution is 9.10. The maximum atomic E-state index is 13.4. The van der Waals surface area contributed by atoms with Gasteiger partial charge in [-0.25, -0.2) is 18.9 Å². The van der Waals surface area contributed by atoms with E-state index in [2.05, 4.69) is 26.0 Å². The van der Waals surface area contributed by atoms with Crippen molar-refractivity contribution >= 4 is 27.7 Å². The van der Waals surface area contributed by atoms with Gasteiger partial charge in [-0.05, 0) is 55.5 Å². The van der Waals surface area contributed by atoms with Crippen molar-refractivity contribution in [3.05, 3.63) is 100 Å². The topological polar surface area (TPSA) is 74.1 Å². The van der Waals surface area contributed by atoms with Gasteiger partial charge in [0.05, 0.1) is 5.69 Å². The van der Waals surface area contributed by atoms with Crippen molar-refractivity contribution in [3.8, 4) is 17.1 Å². The molecule has 6 nitrogen and oxygen atoms in total. The molecule has 0 spiro atoms. The van der Waals surface area contributed by atoms with Gasteiger partial charge in [0, 0.05) is 15.6 Å². The van der Waals surface area contributed by atoms with Crippen LogP contribution < -0.4 is 0 Å². The summed E-state index contributed by atoms with van der Waals surface area (Å²) in [6.07, 6.45) is 0.